The molecule has 1 rings (SSSR count). The Hall–Kier alpha value is 0.190. The lowest BCUT2D eigenvalue weighted by Crippen LogP contribution is -2.04. The maximum atomic E-state index is 5.42. The van der Waals surface area contributed by atoms with Crippen LogP contribution in [0.1, 0.15) is 0 Å². The van der Waals surface area contributed by atoms with E-state index in [9.17, 15) is 0 Å². The Balaban J connectivity index is 2.53. The van der Waals surface area contributed by atoms with Gasteiger partial charge in [0.1, 0.15) is 12.4 Å². The van der Waals surface area contributed by atoms with Crippen LogP contribution in [0.5, 0.6) is 5.75 Å². The molecule has 0 saturated heterocycles. The molecule has 0 spiro atoms. The predicted octanol–water partition coefficient (Wildman–Crippen LogP) is 3.08. The van der Waals surface area contributed by atoms with Gasteiger partial charge in [0.15, 0.2) is 0 Å². The molecule has 0 aliphatic heterocycles. The summed E-state index contributed by atoms with van der Waals surface area (Å²) in [6.07, 6.45) is 0. The molecule has 0 amide bonds. The highest BCUT2D eigenvalue weighted by Crippen LogP contribution is 2.24. The summed E-state index contributed by atoms with van der Waals surface area (Å²) in [5, 5.41) is 0. The van der Waals surface area contributed by atoms with Crippen molar-refractivity contribution in [3.05, 3.63) is 26.2 Å². The fourth-order valence-corrected chi connectivity index (χ4v) is 1.50. The summed E-state index contributed by atoms with van der Waals surface area (Å²) in [5.74, 6) is 0.865. The van der Waals surface area contributed by atoms with Gasteiger partial charge < -0.3 is 9.47 Å². The van der Waals surface area contributed by atoms with Crippen molar-refractivity contribution in [1.82, 2.24) is 0 Å². The highest BCUT2D eigenvalue weighted by atomic mass is 127. The highest BCUT2D eigenvalue weighted by Gasteiger charge is 1.98. The summed E-state index contributed by atoms with van der Waals surface area (Å²) in [7, 11) is 1.66. The first-order chi connectivity index (χ1) is 6.24. The number of hydrogen-bond acceptors (Lipinski definition) is 2. The van der Waals surface area contributed by atoms with E-state index in [-0.39, 0.29) is 0 Å². The van der Waals surface area contributed by atoms with Gasteiger partial charge in [-0.3, -0.25) is 0 Å². The largest absolute Gasteiger partial charge is 0.491 e. The SMILES string of the molecule is COCCOc1ccc(I)c(Br)c1. The Morgan fingerprint density at radius 2 is 2.15 bits per heavy atom. The van der Waals surface area contributed by atoms with Crippen LogP contribution in [0.15, 0.2) is 22.7 Å². The Bertz CT molecular complexity index is 278. The van der Waals surface area contributed by atoms with Gasteiger partial charge >= 0.3 is 0 Å². The van der Waals surface area contributed by atoms with E-state index >= 15 is 0 Å². The zero-order valence-corrected chi connectivity index (χ0v) is 11.0. The number of benzene rings is 1. The number of halogens is 2. The fourth-order valence-electron chi connectivity index (χ4n) is 0.809. The van der Waals surface area contributed by atoms with Crippen LogP contribution in [-0.4, -0.2) is 20.3 Å². The smallest absolute Gasteiger partial charge is 0.120 e. The molecule has 13 heavy (non-hydrogen) atoms. The molecule has 72 valence electrons. The zero-order valence-electron chi connectivity index (χ0n) is 7.22. The summed E-state index contributed by atoms with van der Waals surface area (Å²) >= 11 is 5.70. The summed E-state index contributed by atoms with van der Waals surface area (Å²) in [6, 6.07) is 5.91. The van der Waals surface area contributed by atoms with Crippen LogP contribution in [0.25, 0.3) is 0 Å². The molecule has 1 aromatic rings. The Morgan fingerprint density at radius 3 is 2.77 bits per heavy atom. The monoisotopic (exact) mass is 356 g/mol. The van der Waals surface area contributed by atoms with Crippen LogP contribution < -0.4 is 4.74 Å². The Morgan fingerprint density at radius 1 is 1.38 bits per heavy atom. The van der Waals surface area contributed by atoms with Crippen molar-refractivity contribution in [2.24, 2.45) is 0 Å². The second-order valence-electron chi connectivity index (χ2n) is 2.42. The van der Waals surface area contributed by atoms with E-state index in [0.717, 1.165) is 10.2 Å². The van der Waals surface area contributed by atoms with E-state index in [2.05, 4.69) is 38.5 Å². The first kappa shape index (κ1) is 11.3. The van der Waals surface area contributed by atoms with Crippen LogP contribution in [0, 0.1) is 3.57 Å². The normalized spacial score (nSPS) is 10.1. The molecule has 0 bridgehead atoms. The molecule has 0 heterocycles. The third-order valence-electron chi connectivity index (χ3n) is 1.45. The van der Waals surface area contributed by atoms with Gasteiger partial charge in [-0.15, -0.1) is 0 Å². The molecule has 1 aromatic carbocycles. The van der Waals surface area contributed by atoms with Gasteiger partial charge in [0.2, 0.25) is 0 Å². The minimum absolute atomic E-state index is 0.587. The summed E-state index contributed by atoms with van der Waals surface area (Å²) in [6.45, 7) is 1.20. The Labute approximate surface area is 99.9 Å². The molecule has 4 heteroatoms. The molecule has 0 fully saturated rings. The van der Waals surface area contributed by atoms with Gasteiger partial charge in [-0.25, -0.2) is 0 Å². The van der Waals surface area contributed by atoms with Gasteiger partial charge in [0.25, 0.3) is 0 Å². The minimum atomic E-state index is 0.587. The minimum Gasteiger partial charge on any atom is -0.491 e. The number of rotatable bonds is 4. The lowest BCUT2D eigenvalue weighted by Gasteiger charge is -2.06. The van der Waals surface area contributed by atoms with Crippen LogP contribution in [0.4, 0.5) is 0 Å². The van der Waals surface area contributed by atoms with Gasteiger partial charge in [-0.05, 0) is 56.7 Å². The lowest BCUT2D eigenvalue weighted by atomic mass is 10.3. The molecule has 0 N–H and O–H groups in total. The molecular formula is C9H10BrIO2. The predicted molar refractivity (Wildman–Crippen MR) is 64.2 cm³/mol. The van der Waals surface area contributed by atoms with E-state index < -0.39 is 0 Å². The van der Waals surface area contributed by atoms with E-state index in [0.29, 0.717) is 13.2 Å². The summed E-state index contributed by atoms with van der Waals surface area (Å²) in [5.41, 5.74) is 0. The fraction of sp³-hybridized carbons (Fsp3) is 0.333. The number of ether oxygens (including phenoxy) is 2. The second kappa shape index (κ2) is 5.82. The molecule has 0 aliphatic carbocycles. The van der Waals surface area contributed by atoms with Crippen LogP contribution in [-0.2, 0) is 4.74 Å². The molecule has 0 unspecified atom stereocenters. The molecular weight excluding hydrogens is 347 g/mol. The standard InChI is InChI=1S/C9H10BrIO2/c1-12-4-5-13-7-2-3-9(11)8(10)6-7/h2-3,6H,4-5H2,1H3. The van der Waals surface area contributed by atoms with Crippen molar-refractivity contribution in [3.63, 3.8) is 0 Å². The van der Waals surface area contributed by atoms with Crippen molar-refractivity contribution in [1.29, 1.82) is 0 Å². The molecule has 0 atom stereocenters. The topological polar surface area (TPSA) is 18.5 Å². The van der Waals surface area contributed by atoms with Gasteiger partial charge in [0, 0.05) is 15.2 Å². The Kier molecular flexibility index (Phi) is 5.05. The first-order valence-electron chi connectivity index (χ1n) is 3.81. The molecule has 2 nitrogen and oxygen atoms in total. The first-order valence-corrected chi connectivity index (χ1v) is 5.68. The maximum absolute atomic E-state index is 5.42. The quantitative estimate of drug-likeness (QED) is 0.609. The van der Waals surface area contributed by atoms with Crippen molar-refractivity contribution in [2.45, 2.75) is 0 Å². The van der Waals surface area contributed by atoms with Gasteiger partial charge in [0.05, 0.1) is 6.61 Å². The molecule has 0 saturated carbocycles. The maximum Gasteiger partial charge on any atom is 0.120 e. The average Bonchev–Trinajstić information content (AvgIpc) is 2.12. The highest BCUT2D eigenvalue weighted by molar-refractivity contribution is 14.1. The average molecular weight is 357 g/mol. The van der Waals surface area contributed by atoms with E-state index in [1.807, 2.05) is 18.2 Å². The molecule has 0 aromatic heterocycles. The van der Waals surface area contributed by atoms with E-state index in [1.165, 1.54) is 3.57 Å². The van der Waals surface area contributed by atoms with Gasteiger partial charge in [-0.2, -0.15) is 0 Å². The lowest BCUT2D eigenvalue weighted by molar-refractivity contribution is 0.146. The van der Waals surface area contributed by atoms with Crippen molar-refractivity contribution in [2.75, 3.05) is 20.3 Å². The summed E-state index contributed by atoms with van der Waals surface area (Å²) in [4.78, 5) is 0. The van der Waals surface area contributed by atoms with Crippen molar-refractivity contribution < 1.29 is 9.47 Å². The number of hydrogen-bond donors (Lipinski definition) is 0. The van der Waals surface area contributed by atoms with Crippen LogP contribution >= 0.6 is 38.5 Å². The third-order valence-corrected chi connectivity index (χ3v) is 3.79. The van der Waals surface area contributed by atoms with Crippen molar-refractivity contribution in [3.8, 4) is 5.75 Å². The summed E-state index contributed by atoms with van der Waals surface area (Å²) < 4.78 is 12.5. The van der Waals surface area contributed by atoms with Gasteiger partial charge in [-0.1, -0.05) is 0 Å². The van der Waals surface area contributed by atoms with E-state index in [4.69, 9.17) is 9.47 Å². The van der Waals surface area contributed by atoms with E-state index in [1.54, 1.807) is 7.11 Å². The van der Waals surface area contributed by atoms with Crippen LogP contribution in [0.2, 0.25) is 0 Å². The van der Waals surface area contributed by atoms with Crippen LogP contribution in [0.3, 0.4) is 0 Å². The zero-order chi connectivity index (χ0) is 9.68. The number of methoxy groups -OCH3 is 1. The second-order valence-corrected chi connectivity index (χ2v) is 4.43. The molecule has 0 radical (unpaired) electrons. The van der Waals surface area contributed by atoms with Crippen molar-refractivity contribution >= 4 is 38.5 Å². The third kappa shape index (κ3) is 3.83. The molecule has 0 aliphatic rings.